The summed E-state index contributed by atoms with van der Waals surface area (Å²) in [5.41, 5.74) is 4.58. The summed E-state index contributed by atoms with van der Waals surface area (Å²) in [6.07, 6.45) is 4.97. The van der Waals surface area contributed by atoms with Gasteiger partial charge in [0.15, 0.2) is 5.60 Å². The topological polar surface area (TPSA) is 98.5 Å². The largest absolute Gasteiger partial charge is 0.477 e. The molecule has 1 aromatic carbocycles. The fourth-order valence-electron chi connectivity index (χ4n) is 2.54. The highest BCUT2D eigenvalue weighted by molar-refractivity contribution is 7.88. The lowest BCUT2D eigenvalue weighted by Gasteiger charge is -2.26. The van der Waals surface area contributed by atoms with Crippen LogP contribution >= 0.6 is 0 Å². The number of sulfonamides is 1. The first-order valence-electron chi connectivity index (χ1n) is 7.28. The van der Waals surface area contributed by atoms with Crippen LogP contribution in [0.4, 0.5) is 4.39 Å². The van der Waals surface area contributed by atoms with Crippen molar-refractivity contribution in [2.75, 3.05) is 12.8 Å². The Bertz CT molecular complexity index is 685. The van der Waals surface area contributed by atoms with E-state index in [-0.39, 0.29) is 18.7 Å². The van der Waals surface area contributed by atoms with E-state index in [1.165, 1.54) is 12.1 Å². The zero-order valence-electron chi connectivity index (χ0n) is 12.8. The second-order valence-electron chi connectivity index (χ2n) is 5.62. The lowest BCUT2D eigenvalue weighted by molar-refractivity contribution is -0.130. The second-order valence-corrected chi connectivity index (χ2v) is 7.45. The maximum absolute atomic E-state index is 14.1. The van der Waals surface area contributed by atoms with Gasteiger partial charge in [0, 0.05) is 19.0 Å². The molecule has 0 unspecified atom stereocenters. The first-order valence-corrected chi connectivity index (χ1v) is 9.17. The SMILES string of the molecule is CS(=O)(=O)NCCc1ccc(O[C@]2(C(N)=O)[CH]CCC2)cc1F. The molecule has 1 saturated carbocycles. The normalized spacial score (nSPS) is 17.1. The van der Waals surface area contributed by atoms with Crippen LogP contribution in [0.15, 0.2) is 18.2 Å². The molecule has 1 aliphatic rings. The van der Waals surface area contributed by atoms with Crippen LogP contribution in [-0.2, 0) is 21.2 Å². The quantitative estimate of drug-likeness (QED) is 0.769. The molecule has 0 bridgehead atoms. The van der Waals surface area contributed by atoms with Gasteiger partial charge >= 0.3 is 0 Å². The van der Waals surface area contributed by atoms with Crippen LogP contribution in [-0.4, -0.2) is 32.7 Å². The molecule has 127 valence electrons. The molecule has 3 N–H and O–H groups in total. The molecular formula is C15H20FN2O4S. The van der Waals surface area contributed by atoms with Crippen LogP contribution in [0, 0.1) is 12.2 Å². The molecule has 1 fully saturated rings. The number of hydrogen-bond donors (Lipinski definition) is 2. The smallest absolute Gasteiger partial charge is 0.261 e. The number of carbonyl (C=O) groups is 1. The molecule has 2 rings (SSSR count). The van der Waals surface area contributed by atoms with E-state index in [1.807, 2.05) is 0 Å². The fourth-order valence-corrected chi connectivity index (χ4v) is 3.02. The molecule has 23 heavy (non-hydrogen) atoms. The van der Waals surface area contributed by atoms with Crippen LogP contribution in [0.2, 0.25) is 0 Å². The minimum Gasteiger partial charge on any atom is -0.477 e. The van der Waals surface area contributed by atoms with Gasteiger partial charge in [-0.15, -0.1) is 0 Å². The Kier molecular flexibility index (Phi) is 5.26. The van der Waals surface area contributed by atoms with E-state index < -0.39 is 27.3 Å². The van der Waals surface area contributed by atoms with Crippen LogP contribution in [0.5, 0.6) is 5.75 Å². The molecule has 8 heteroatoms. The maximum Gasteiger partial charge on any atom is 0.261 e. The van der Waals surface area contributed by atoms with Gasteiger partial charge in [0.1, 0.15) is 11.6 Å². The molecule has 0 aliphatic heterocycles. The lowest BCUT2D eigenvalue weighted by Crippen LogP contribution is -2.47. The Hall–Kier alpha value is -1.67. The third kappa shape index (κ3) is 4.65. The van der Waals surface area contributed by atoms with E-state index in [1.54, 1.807) is 12.5 Å². The molecule has 0 spiro atoms. The van der Waals surface area contributed by atoms with Crippen molar-refractivity contribution in [2.24, 2.45) is 5.73 Å². The lowest BCUT2D eigenvalue weighted by atomic mass is 10.0. The zero-order chi connectivity index (χ0) is 17.1. The van der Waals surface area contributed by atoms with Gasteiger partial charge in [0.05, 0.1) is 6.26 Å². The van der Waals surface area contributed by atoms with Crippen molar-refractivity contribution < 1.29 is 22.3 Å². The highest BCUT2D eigenvalue weighted by Crippen LogP contribution is 2.34. The number of benzene rings is 1. The summed E-state index contributed by atoms with van der Waals surface area (Å²) < 4.78 is 44.0. The van der Waals surface area contributed by atoms with Crippen molar-refractivity contribution in [2.45, 2.75) is 31.3 Å². The first kappa shape index (κ1) is 17.7. The summed E-state index contributed by atoms with van der Waals surface area (Å²) >= 11 is 0. The van der Waals surface area contributed by atoms with Gasteiger partial charge in [-0.05, 0) is 37.3 Å². The molecule has 0 saturated heterocycles. The Balaban J connectivity index is 2.05. The van der Waals surface area contributed by atoms with Crippen molar-refractivity contribution in [1.29, 1.82) is 0 Å². The highest BCUT2D eigenvalue weighted by Gasteiger charge is 2.42. The van der Waals surface area contributed by atoms with E-state index in [0.717, 1.165) is 19.1 Å². The van der Waals surface area contributed by atoms with Crippen molar-refractivity contribution in [3.8, 4) is 5.75 Å². The predicted molar refractivity (Wildman–Crippen MR) is 83.7 cm³/mol. The summed E-state index contributed by atoms with van der Waals surface area (Å²) in [4.78, 5) is 11.6. The molecular weight excluding hydrogens is 323 g/mol. The average Bonchev–Trinajstić information content (AvgIpc) is 2.90. The second kappa shape index (κ2) is 6.84. The number of rotatable bonds is 7. The Morgan fingerprint density at radius 1 is 1.48 bits per heavy atom. The fraction of sp³-hybridized carbons (Fsp3) is 0.467. The number of carbonyl (C=O) groups excluding carboxylic acids is 1. The minimum absolute atomic E-state index is 0.106. The Morgan fingerprint density at radius 2 is 2.22 bits per heavy atom. The summed E-state index contributed by atoms with van der Waals surface area (Å²) in [7, 11) is -3.30. The number of halogens is 1. The van der Waals surface area contributed by atoms with E-state index >= 15 is 0 Å². The molecule has 0 heterocycles. The summed E-state index contributed by atoms with van der Waals surface area (Å²) in [5, 5.41) is 0. The average molecular weight is 343 g/mol. The highest BCUT2D eigenvalue weighted by atomic mass is 32.2. The number of hydrogen-bond acceptors (Lipinski definition) is 4. The zero-order valence-corrected chi connectivity index (χ0v) is 13.7. The van der Waals surface area contributed by atoms with Gasteiger partial charge < -0.3 is 10.5 Å². The molecule has 1 amide bonds. The molecule has 1 radical (unpaired) electrons. The summed E-state index contributed by atoms with van der Waals surface area (Å²) in [5.74, 6) is -0.883. The van der Waals surface area contributed by atoms with Crippen LogP contribution < -0.4 is 15.2 Å². The van der Waals surface area contributed by atoms with Gasteiger partial charge in [-0.2, -0.15) is 0 Å². The minimum atomic E-state index is -3.30. The summed E-state index contributed by atoms with van der Waals surface area (Å²) in [6.45, 7) is 0.106. The van der Waals surface area contributed by atoms with E-state index in [4.69, 9.17) is 10.5 Å². The number of amides is 1. The monoisotopic (exact) mass is 343 g/mol. The summed E-state index contributed by atoms with van der Waals surface area (Å²) in [6, 6.07) is 4.25. The molecule has 6 nitrogen and oxygen atoms in total. The molecule has 1 atom stereocenters. The van der Waals surface area contributed by atoms with Gasteiger partial charge in [0.2, 0.25) is 10.0 Å². The number of primary amides is 1. The number of ether oxygens (including phenoxy) is 1. The van der Waals surface area contributed by atoms with Crippen molar-refractivity contribution in [1.82, 2.24) is 4.72 Å². The molecule has 1 aliphatic carbocycles. The van der Waals surface area contributed by atoms with Crippen LogP contribution in [0.3, 0.4) is 0 Å². The molecule has 1 aromatic rings. The Morgan fingerprint density at radius 3 is 2.74 bits per heavy atom. The van der Waals surface area contributed by atoms with E-state index in [2.05, 4.69) is 4.72 Å². The number of nitrogens with two attached hydrogens (primary N) is 1. The van der Waals surface area contributed by atoms with Crippen LogP contribution in [0.25, 0.3) is 0 Å². The predicted octanol–water partition coefficient (Wildman–Crippen LogP) is 0.908. The van der Waals surface area contributed by atoms with Gasteiger partial charge in [-0.3, -0.25) is 4.79 Å². The third-order valence-corrected chi connectivity index (χ3v) is 4.46. The van der Waals surface area contributed by atoms with Crippen molar-refractivity contribution in [3.05, 3.63) is 36.0 Å². The Labute approximate surface area is 135 Å². The van der Waals surface area contributed by atoms with E-state index in [9.17, 15) is 17.6 Å². The van der Waals surface area contributed by atoms with Gasteiger partial charge in [-0.1, -0.05) is 6.07 Å². The first-order chi connectivity index (χ1) is 10.7. The maximum atomic E-state index is 14.1. The van der Waals surface area contributed by atoms with Gasteiger partial charge in [0.25, 0.3) is 5.91 Å². The molecule has 0 aromatic heterocycles. The van der Waals surface area contributed by atoms with E-state index in [0.29, 0.717) is 12.0 Å². The third-order valence-electron chi connectivity index (χ3n) is 3.73. The van der Waals surface area contributed by atoms with Gasteiger partial charge in [-0.25, -0.2) is 17.5 Å². The standard InChI is InChI=1S/C15H20FN2O4S/c1-23(20,21)18-9-6-11-4-5-12(10-13(11)16)22-15(14(17)19)7-2-3-8-15/h4-5,7,10,18H,2-3,6,8-9H2,1H3,(H2,17,19)/t15-/m1/s1. The van der Waals surface area contributed by atoms with Crippen LogP contribution in [0.1, 0.15) is 24.8 Å². The van der Waals surface area contributed by atoms with Crippen molar-refractivity contribution in [3.63, 3.8) is 0 Å². The number of nitrogens with one attached hydrogen (secondary N) is 1. The van der Waals surface area contributed by atoms with Crippen molar-refractivity contribution >= 4 is 15.9 Å².